The molecule has 1 aliphatic rings. The molecular weight excluding hydrogens is 422 g/mol. The first-order valence-corrected chi connectivity index (χ1v) is 11.5. The number of nitrogens with zero attached hydrogens (tertiary/aromatic N) is 5. The summed E-state index contributed by atoms with van der Waals surface area (Å²) in [5.41, 5.74) is 4.19. The van der Waals surface area contributed by atoms with Crippen molar-refractivity contribution < 1.29 is 4.74 Å². The lowest BCUT2D eigenvalue weighted by atomic mass is 9.95. The van der Waals surface area contributed by atoms with Gasteiger partial charge in [-0.25, -0.2) is 9.67 Å². The van der Waals surface area contributed by atoms with Crippen LogP contribution in [0.25, 0.3) is 27.2 Å². The van der Waals surface area contributed by atoms with E-state index in [9.17, 15) is 0 Å². The van der Waals surface area contributed by atoms with E-state index in [0.29, 0.717) is 6.54 Å². The van der Waals surface area contributed by atoms with Crippen LogP contribution >= 0.6 is 0 Å². The fourth-order valence-corrected chi connectivity index (χ4v) is 4.84. The van der Waals surface area contributed by atoms with E-state index in [4.69, 9.17) is 4.74 Å². The number of hydrogen-bond donors (Lipinski definition) is 0. The molecule has 0 aliphatic heterocycles. The number of fused-ring (bicyclic) bond motifs is 2. The fourth-order valence-electron chi connectivity index (χ4n) is 4.84. The van der Waals surface area contributed by atoms with Gasteiger partial charge < -0.3 is 9.30 Å². The Labute approximate surface area is 197 Å². The van der Waals surface area contributed by atoms with Gasteiger partial charge in [0.05, 0.1) is 37.1 Å². The summed E-state index contributed by atoms with van der Waals surface area (Å²) in [6, 6.07) is 19.3. The number of aryl methyl sites for hydroxylation is 1. The molecule has 2 heterocycles. The SMILES string of the molecule is COC1=CC(c2cn(Cc3c4ccccc4cc4ccccc34)nn2)CC=C1n1cnc(C)c1. The first kappa shape index (κ1) is 20.4. The second-order valence-corrected chi connectivity index (χ2v) is 8.73. The van der Waals surface area contributed by atoms with E-state index in [1.165, 1.54) is 27.1 Å². The molecule has 1 atom stereocenters. The second-order valence-electron chi connectivity index (χ2n) is 8.73. The minimum atomic E-state index is 0.112. The van der Waals surface area contributed by atoms with Crippen molar-refractivity contribution in [3.8, 4) is 0 Å². The van der Waals surface area contributed by atoms with Crippen molar-refractivity contribution >= 4 is 27.2 Å². The molecule has 3 aromatic carbocycles. The molecule has 0 bridgehead atoms. The van der Waals surface area contributed by atoms with E-state index >= 15 is 0 Å². The number of imidazole rings is 1. The largest absolute Gasteiger partial charge is 0.495 e. The zero-order chi connectivity index (χ0) is 23.1. The number of benzene rings is 3. The smallest absolute Gasteiger partial charge is 0.139 e. The highest BCUT2D eigenvalue weighted by Gasteiger charge is 2.22. The molecule has 168 valence electrons. The van der Waals surface area contributed by atoms with Crippen LogP contribution in [0, 0.1) is 6.92 Å². The lowest BCUT2D eigenvalue weighted by Crippen LogP contribution is -2.08. The summed E-state index contributed by atoms with van der Waals surface area (Å²) in [6.07, 6.45) is 11.0. The maximum absolute atomic E-state index is 5.71. The Morgan fingerprint density at radius 1 is 1.00 bits per heavy atom. The highest BCUT2D eigenvalue weighted by Crippen LogP contribution is 2.33. The lowest BCUT2D eigenvalue weighted by Gasteiger charge is -2.20. The third-order valence-electron chi connectivity index (χ3n) is 6.52. The second kappa shape index (κ2) is 8.30. The zero-order valence-electron chi connectivity index (χ0n) is 19.2. The van der Waals surface area contributed by atoms with Gasteiger partial charge in [0.15, 0.2) is 0 Å². The Morgan fingerprint density at radius 2 is 1.74 bits per heavy atom. The molecule has 5 aromatic rings. The van der Waals surface area contributed by atoms with Crippen LogP contribution in [-0.4, -0.2) is 31.7 Å². The van der Waals surface area contributed by atoms with Gasteiger partial charge in [0, 0.05) is 18.3 Å². The molecule has 1 unspecified atom stereocenters. The Morgan fingerprint density at radius 3 is 2.41 bits per heavy atom. The summed E-state index contributed by atoms with van der Waals surface area (Å²) in [6.45, 7) is 2.65. The number of hydrogen-bond acceptors (Lipinski definition) is 4. The van der Waals surface area contributed by atoms with Crippen molar-refractivity contribution in [3.63, 3.8) is 0 Å². The standard InChI is InChI=1S/C28H25N5O/c1-19-15-32(18-29-19)27-12-11-22(14-28(27)34-2)26-17-33(31-30-26)16-25-23-9-5-3-7-20(23)13-21-8-4-6-10-24(21)25/h3-10,12-15,17-18,22H,11,16H2,1-2H3. The Bertz CT molecular complexity index is 1520. The Balaban J connectivity index is 1.32. The molecule has 34 heavy (non-hydrogen) atoms. The van der Waals surface area contributed by atoms with Crippen molar-refractivity contribution in [1.29, 1.82) is 0 Å². The van der Waals surface area contributed by atoms with Crippen molar-refractivity contribution in [2.45, 2.75) is 25.8 Å². The highest BCUT2D eigenvalue weighted by molar-refractivity contribution is 6.02. The molecule has 0 N–H and O–H groups in total. The maximum Gasteiger partial charge on any atom is 0.139 e. The third-order valence-corrected chi connectivity index (χ3v) is 6.52. The van der Waals surface area contributed by atoms with Crippen molar-refractivity contribution in [3.05, 3.63) is 108 Å². The fraction of sp³-hybridized carbons (Fsp3) is 0.179. The van der Waals surface area contributed by atoms with E-state index in [1.54, 1.807) is 7.11 Å². The summed E-state index contributed by atoms with van der Waals surface area (Å²) in [7, 11) is 1.70. The van der Waals surface area contributed by atoms with Crippen molar-refractivity contribution in [1.82, 2.24) is 24.5 Å². The molecule has 0 saturated heterocycles. The van der Waals surface area contributed by atoms with Crippen LogP contribution in [0.15, 0.2) is 91.2 Å². The van der Waals surface area contributed by atoms with Crippen molar-refractivity contribution in [2.24, 2.45) is 0 Å². The van der Waals surface area contributed by atoms with Gasteiger partial charge in [-0.1, -0.05) is 59.8 Å². The summed E-state index contributed by atoms with van der Waals surface area (Å²) >= 11 is 0. The Hall–Kier alpha value is -4.19. The van der Waals surface area contributed by atoms with E-state index in [1.807, 2.05) is 28.7 Å². The average Bonchev–Trinajstić information content (AvgIpc) is 3.52. The van der Waals surface area contributed by atoms with Crippen LogP contribution in [0.1, 0.15) is 29.3 Å². The highest BCUT2D eigenvalue weighted by atomic mass is 16.5. The van der Waals surface area contributed by atoms with E-state index in [0.717, 1.165) is 29.3 Å². The quantitative estimate of drug-likeness (QED) is 0.325. The molecule has 6 heteroatoms. The topological polar surface area (TPSA) is 57.8 Å². The van der Waals surface area contributed by atoms with Crippen LogP contribution in [0.3, 0.4) is 0 Å². The minimum Gasteiger partial charge on any atom is -0.495 e. The number of aromatic nitrogens is 5. The molecule has 2 aromatic heterocycles. The number of allylic oxidation sites excluding steroid dienone is 3. The number of ether oxygens (including phenoxy) is 1. The van der Waals surface area contributed by atoms with Crippen LogP contribution in [0.5, 0.6) is 0 Å². The molecule has 6 nitrogen and oxygen atoms in total. The summed E-state index contributed by atoms with van der Waals surface area (Å²) in [4.78, 5) is 4.34. The monoisotopic (exact) mass is 447 g/mol. The summed E-state index contributed by atoms with van der Waals surface area (Å²) in [5.74, 6) is 0.935. The van der Waals surface area contributed by atoms with Gasteiger partial charge in [0.1, 0.15) is 5.76 Å². The normalized spacial score (nSPS) is 16.0. The predicted octanol–water partition coefficient (Wildman–Crippen LogP) is 5.70. The molecule has 6 rings (SSSR count). The van der Waals surface area contributed by atoms with E-state index in [-0.39, 0.29) is 5.92 Å². The maximum atomic E-state index is 5.71. The van der Waals surface area contributed by atoms with Gasteiger partial charge >= 0.3 is 0 Å². The zero-order valence-corrected chi connectivity index (χ0v) is 19.2. The molecule has 0 amide bonds. The van der Waals surface area contributed by atoms with Gasteiger partial charge in [0.25, 0.3) is 0 Å². The molecule has 0 saturated carbocycles. The third kappa shape index (κ3) is 3.57. The summed E-state index contributed by atoms with van der Waals surface area (Å²) in [5, 5.41) is 14.0. The Kier molecular flexibility index (Phi) is 4.99. The van der Waals surface area contributed by atoms with Crippen LogP contribution in [0.4, 0.5) is 0 Å². The van der Waals surface area contributed by atoms with Gasteiger partial charge in [-0.05, 0) is 52.6 Å². The summed E-state index contributed by atoms with van der Waals surface area (Å²) < 4.78 is 9.66. The van der Waals surface area contributed by atoms with Crippen LogP contribution in [-0.2, 0) is 11.3 Å². The molecule has 1 aliphatic carbocycles. The first-order valence-electron chi connectivity index (χ1n) is 11.5. The molecule has 0 spiro atoms. The van der Waals surface area contributed by atoms with Crippen LogP contribution < -0.4 is 0 Å². The minimum absolute atomic E-state index is 0.112. The van der Waals surface area contributed by atoms with Gasteiger partial charge in [0.2, 0.25) is 0 Å². The molecule has 0 radical (unpaired) electrons. The predicted molar refractivity (Wildman–Crippen MR) is 134 cm³/mol. The number of rotatable bonds is 5. The van der Waals surface area contributed by atoms with Gasteiger partial charge in [-0.15, -0.1) is 5.10 Å². The average molecular weight is 448 g/mol. The van der Waals surface area contributed by atoms with Gasteiger partial charge in [-0.2, -0.15) is 0 Å². The lowest BCUT2D eigenvalue weighted by molar-refractivity contribution is 0.303. The number of methoxy groups -OCH3 is 1. The van der Waals surface area contributed by atoms with Crippen LogP contribution in [0.2, 0.25) is 0 Å². The van der Waals surface area contributed by atoms with E-state index < -0.39 is 0 Å². The molecule has 0 fully saturated rings. The van der Waals surface area contributed by atoms with Gasteiger partial charge in [-0.3, -0.25) is 0 Å². The first-order chi connectivity index (χ1) is 16.7. The van der Waals surface area contributed by atoms with Crippen molar-refractivity contribution in [2.75, 3.05) is 7.11 Å². The molecular formula is C28H25N5O. The van der Waals surface area contributed by atoms with E-state index in [2.05, 4.69) is 88.2 Å².